The fraction of sp³-hybridized carbons (Fsp3) is 0.333. The first-order chi connectivity index (χ1) is 10.1. The maximum absolute atomic E-state index is 12.0. The van der Waals surface area contributed by atoms with E-state index in [1.165, 1.54) is 0 Å². The van der Waals surface area contributed by atoms with Crippen molar-refractivity contribution in [2.45, 2.75) is 24.9 Å². The molecule has 0 spiro atoms. The molecule has 1 aliphatic rings. The van der Waals surface area contributed by atoms with Crippen LogP contribution in [0.3, 0.4) is 0 Å². The van der Waals surface area contributed by atoms with E-state index in [0.29, 0.717) is 10.7 Å². The van der Waals surface area contributed by atoms with E-state index in [1.807, 2.05) is 12.1 Å². The normalized spacial score (nSPS) is 16.3. The number of aliphatic hydroxyl groups is 1. The number of nitrogens with zero attached hydrogens (tertiary/aromatic N) is 2. The molecule has 0 unspecified atom stereocenters. The van der Waals surface area contributed by atoms with Crippen molar-refractivity contribution in [3.05, 3.63) is 47.2 Å². The fourth-order valence-electron chi connectivity index (χ4n) is 2.30. The van der Waals surface area contributed by atoms with Gasteiger partial charge in [-0.2, -0.15) is 5.10 Å². The fourth-order valence-corrected chi connectivity index (χ4v) is 2.49. The lowest BCUT2D eigenvalue weighted by molar-refractivity contribution is -0.0300. The van der Waals surface area contributed by atoms with Crippen molar-refractivity contribution in [1.29, 1.82) is 0 Å². The summed E-state index contributed by atoms with van der Waals surface area (Å²) >= 11 is 5.94. The molecule has 0 aliphatic heterocycles. The van der Waals surface area contributed by atoms with Crippen molar-refractivity contribution in [2.24, 2.45) is 0 Å². The first kappa shape index (κ1) is 14.1. The molecule has 5 nitrogen and oxygen atoms in total. The van der Waals surface area contributed by atoms with E-state index in [1.54, 1.807) is 29.1 Å². The van der Waals surface area contributed by atoms with E-state index in [4.69, 9.17) is 11.6 Å². The number of carbonyl (C=O) groups excluding carboxylic acids is 1. The zero-order chi connectivity index (χ0) is 14.9. The molecule has 1 fully saturated rings. The van der Waals surface area contributed by atoms with Crippen LogP contribution in [0, 0.1) is 0 Å². The zero-order valence-electron chi connectivity index (χ0n) is 11.4. The predicted octanol–water partition coefficient (Wildman–Crippen LogP) is 2.17. The number of amides is 1. The van der Waals surface area contributed by atoms with Gasteiger partial charge in [0.05, 0.1) is 11.3 Å². The first-order valence-corrected chi connectivity index (χ1v) is 7.26. The van der Waals surface area contributed by atoms with Crippen LogP contribution < -0.4 is 5.32 Å². The van der Waals surface area contributed by atoms with Gasteiger partial charge in [-0.1, -0.05) is 17.7 Å². The first-order valence-electron chi connectivity index (χ1n) is 6.88. The van der Waals surface area contributed by atoms with E-state index in [9.17, 15) is 9.90 Å². The predicted molar refractivity (Wildman–Crippen MR) is 79.7 cm³/mol. The SMILES string of the molecule is O=C(NCC1(O)CCC1)c1ccn(-c2cccc(Cl)c2)n1. The lowest BCUT2D eigenvalue weighted by atomic mass is 9.80. The van der Waals surface area contributed by atoms with Crippen LogP contribution in [0.1, 0.15) is 29.8 Å². The van der Waals surface area contributed by atoms with E-state index >= 15 is 0 Å². The molecule has 1 aliphatic carbocycles. The number of carbonyl (C=O) groups is 1. The van der Waals surface area contributed by atoms with Crippen molar-refractivity contribution in [2.75, 3.05) is 6.54 Å². The Hall–Kier alpha value is -1.85. The average Bonchev–Trinajstić information content (AvgIpc) is 2.92. The number of nitrogens with one attached hydrogen (secondary N) is 1. The molecule has 1 saturated carbocycles. The van der Waals surface area contributed by atoms with E-state index in [2.05, 4.69) is 10.4 Å². The number of rotatable bonds is 4. The highest BCUT2D eigenvalue weighted by atomic mass is 35.5. The van der Waals surface area contributed by atoms with Gasteiger partial charge < -0.3 is 10.4 Å². The summed E-state index contributed by atoms with van der Waals surface area (Å²) in [5.74, 6) is -0.281. The monoisotopic (exact) mass is 305 g/mol. The topological polar surface area (TPSA) is 67.2 Å². The quantitative estimate of drug-likeness (QED) is 0.909. The van der Waals surface area contributed by atoms with Gasteiger partial charge in [0.25, 0.3) is 5.91 Å². The van der Waals surface area contributed by atoms with E-state index in [0.717, 1.165) is 24.9 Å². The Morgan fingerprint density at radius 3 is 2.90 bits per heavy atom. The molecule has 6 heteroatoms. The Bertz CT molecular complexity index is 664. The smallest absolute Gasteiger partial charge is 0.271 e. The zero-order valence-corrected chi connectivity index (χ0v) is 12.2. The van der Waals surface area contributed by atoms with Crippen molar-refractivity contribution < 1.29 is 9.90 Å². The number of hydrogen-bond acceptors (Lipinski definition) is 3. The van der Waals surface area contributed by atoms with Crippen molar-refractivity contribution >= 4 is 17.5 Å². The highest BCUT2D eigenvalue weighted by Gasteiger charge is 2.34. The summed E-state index contributed by atoms with van der Waals surface area (Å²) in [5.41, 5.74) is 0.377. The van der Waals surface area contributed by atoms with Gasteiger partial charge in [0.1, 0.15) is 0 Å². The Labute approximate surface area is 127 Å². The molecule has 110 valence electrons. The van der Waals surface area contributed by atoms with Crippen molar-refractivity contribution in [3.8, 4) is 5.69 Å². The number of halogens is 1. The number of benzene rings is 1. The van der Waals surface area contributed by atoms with E-state index in [-0.39, 0.29) is 12.5 Å². The van der Waals surface area contributed by atoms with Crippen LogP contribution in [0.5, 0.6) is 0 Å². The van der Waals surface area contributed by atoms with Gasteiger partial charge in [-0.15, -0.1) is 0 Å². The van der Waals surface area contributed by atoms with Crippen LogP contribution in [0.15, 0.2) is 36.5 Å². The lowest BCUT2D eigenvalue weighted by Gasteiger charge is -2.36. The maximum atomic E-state index is 12.0. The summed E-state index contributed by atoms with van der Waals surface area (Å²) in [5, 5.41) is 17.5. The third kappa shape index (κ3) is 3.09. The Morgan fingerprint density at radius 2 is 2.24 bits per heavy atom. The molecule has 1 amide bonds. The minimum Gasteiger partial charge on any atom is -0.388 e. The molecular weight excluding hydrogens is 290 g/mol. The minimum absolute atomic E-state index is 0.274. The highest BCUT2D eigenvalue weighted by Crippen LogP contribution is 2.30. The third-order valence-electron chi connectivity index (χ3n) is 3.76. The summed E-state index contributed by atoms with van der Waals surface area (Å²) in [6, 6.07) is 8.87. The number of aromatic nitrogens is 2. The maximum Gasteiger partial charge on any atom is 0.271 e. The van der Waals surface area contributed by atoms with Gasteiger partial charge in [-0.05, 0) is 43.5 Å². The lowest BCUT2D eigenvalue weighted by Crippen LogP contribution is -2.47. The van der Waals surface area contributed by atoms with Gasteiger partial charge in [0.2, 0.25) is 0 Å². The van der Waals surface area contributed by atoms with Gasteiger partial charge in [-0.25, -0.2) is 4.68 Å². The second kappa shape index (κ2) is 5.50. The van der Waals surface area contributed by atoms with Crippen molar-refractivity contribution in [1.82, 2.24) is 15.1 Å². The average molecular weight is 306 g/mol. The standard InChI is InChI=1S/C15H16ClN3O2/c16-11-3-1-4-12(9-11)19-8-5-13(18-19)14(20)17-10-15(21)6-2-7-15/h1,3-5,8-9,21H,2,6-7,10H2,(H,17,20). The van der Waals surface area contributed by atoms with Gasteiger partial charge in [0.15, 0.2) is 5.69 Å². The third-order valence-corrected chi connectivity index (χ3v) is 3.99. The molecular formula is C15H16ClN3O2. The summed E-state index contributed by atoms with van der Waals surface area (Å²) in [6.45, 7) is 0.274. The minimum atomic E-state index is -0.731. The molecule has 2 N–H and O–H groups in total. The molecule has 1 heterocycles. The number of hydrogen-bond donors (Lipinski definition) is 2. The second-order valence-corrected chi connectivity index (χ2v) is 5.82. The summed E-state index contributed by atoms with van der Waals surface area (Å²) in [7, 11) is 0. The molecule has 1 aromatic heterocycles. The Balaban J connectivity index is 1.68. The largest absolute Gasteiger partial charge is 0.388 e. The van der Waals surface area contributed by atoms with Crippen LogP contribution in [0.25, 0.3) is 5.69 Å². The van der Waals surface area contributed by atoms with Gasteiger partial charge in [0, 0.05) is 17.8 Å². The Kier molecular flexibility index (Phi) is 3.69. The van der Waals surface area contributed by atoms with Crippen LogP contribution in [-0.4, -0.2) is 32.9 Å². The van der Waals surface area contributed by atoms with Crippen LogP contribution in [0.2, 0.25) is 5.02 Å². The molecule has 0 atom stereocenters. The van der Waals surface area contributed by atoms with Gasteiger partial charge in [-0.3, -0.25) is 4.79 Å². The molecule has 0 radical (unpaired) electrons. The molecule has 0 saturated heterocycles. The van der Waals surface area contributed by atoms with E-state index < -0.39 is 5.60 Å². The summed E-state index contributed by atoms with van der Waals surface area (Å²) in [6.07, 6.45) is 4.20. The van der Waals surface area contributed by atoms with Crippen LogP contribution >= 0.6 is 11.6 Å². The van der Waals surface area contributed by atoms with Crippen molar-refractivity contribution in [3.63, 3.8) is 0 Å². The summed E-state index contributed by atoms with van der Waals surface area (Å²) in [4.78, 5) is 12.0. The molecule has 3 rings (SSSR count). The van der Waals surface area contributed by atoms with Crippen LogP contribution in [0.4, 0.5) is 0 Å². The van der Waals surface area contributed by atoms with Crippen LogP contribution in [-0.2, 0) is 0 Å². The summed E-state index contributed by atoms with van der Waals surface area (Å²) < 4.78 is 1.60. The molecule has 21 heavy (non-hydrogen) atoms. The second-order valence-electron chi connectivity index (χ2n) is 5.39. The Morgan fingerprint density at radius 1 is 1.43 bits per heavy atom. The molecule has 2 aromatic rings. The molecule has 0 bridgehead atoms. The highest BCUT2D eigenvalue weighted by molar-refractivity contribution is 6.30. The van der Waals surface area contributed by atoms with Gasteiger partial charge >= 0.3 is 0 Å². The molecule has 1 aromatic carbocycles.